The SMILES string of the molecule is C=C1CC(OC(C)=O)C(OC(C)=O)C2(C)CCC(C(C)C)C(OC(=O)c3ccccc3)C12. The Morgan fingerprint density at radius 2 is 1.66 bits per heavy atom. The Kier molecular flexibility index (Phi) is 7.11. The van der Waals surface area contributed by atoms with Crippen molar-refractivity contribution in [3.05, 3.63) is 48.0 Å². The van der Waals surface area contributed by atoms with E-state index in [1.54, 1.807) is 12.1 Å². The maximum Gasteiger partial charge on any atom is 0.338 e. The summed E-state index contributed by atoms with van der Waals surface area (Å²) in [5, 5.41) is 0. The molecule has 0 aliphatic heterocycles. The van der Waals surface area contributed by atoms with Crippen LogP contribution in [0.15, 0.2) is 42.5 Å². The number of esters is 3. The Bertz CT molecular complexity index is 876. The van der Waals surface area contributed by atoms with Crippen LogP contribution in [0.2, 0.25) is 0 Å². The zero-order valence-electron chi connectivity index (χ0n) is 19.6. The van der Waals surface area contributed by atoms with Gasteiger partial charge in [-0.3, -0.25) is 9.59 Å². The van der Waals surface area contributed by atoms with Crippen LogP contribution in [-0.4, -0.2) is 36.2 Å². The van der Waals surface area contributed by atoms with E-state index in [1.807, 2.05) is 25.1 Å². The normalized spacial score (nSPS) is 32.1. The van der Waals surface area contributed by atoms with Crippen LogP contribution in [0.25, 0.3) is 0 Å². The lowest BCUT2D eigenvalue weighted by atomic mass is 9.52. The van der Waals surface area contributed by atoms with Gasteiger partial charge in [0.05, 0.1) is 5.56 Å². The van der Waals surface area contributed by atoms with E-state index in [-0.39, 0.29) is 17.8 Å². The lowest BCUT2D eigenvalue weighted by Crippen LogP contribution is -2.61. The number of carbonyl (C=O) groups excluding carboxylic acids is 3. The molecule has 174 valence electrons. The van der Waals surface area contributed by atoms with Gasteiger partial charge >= 0.3 is 17.9 Å². The van der Waals surface area contributed by atoms with Gasteiger partial charge in [0.2, 0.25) is 0 Å². The van der Waals surface area contributed by atoms with Crippen molar-refractivity contribution in [3.63, 3.8) is 0 Å². The Hall–Kier alpha value is -2.63. The number of benzene rings is 1. The van der Waals surface area contributed by atoms with Crippen LogP contribution in [0.1, 0.15) is 64.2 Å². The molecule has 1 aromatic rings. The van der Waals surface area contributed by atoms with E-state index in [1.165, 1.54) is 13.8 Å². The largest absolute Gasteiger partial charge is 0.458 e. The molecule has 0 spiro atoms. The number of fused-ring (bicyclic) bond motifs is 1. The Morgan fingerprint density at radius 1 is 1.03 bits per heavy atom. The zero-order chi connectivity index (χ0) is 23.6. The van der Waals surface area contributed by atoms with Crippen molar-refractivity contribution >= 4 is 17.9 Å². The summed E-state index contributed by atoms with van der Waals surface area (Å²) in [6.45, 7) is 13.3. The fourth-order valence-electron chi connectivity index (χ4n) is 5.69. The first-order chi connectivity index (χ1) is 15.0. The highest BCUT2D eigenvalue weighted by molar-refractivity contribution is 5.89. The second-order valence-corrected chi connectivity index (χ2v) is 9.71. The van der Waals surface area contributed by atoms with Gasteiger partial charge in [-0.2, -0.15) is 0 Å². The Labute approximate surface area is 190 Å². The molecule has 0 heterocycles. The van der Waals surface area contributed by atoms with E-state index < -0.39 is 35.7 Å². The van der Waals surface area contributed by atoms with Crippen LogP contribution < -0.4 is 0 Å². The van der Waals surface area contributed by atoms with E-state index in [0.29, 0.717) is 17.9 Å². The predicted molar refractivity (Wildman–Crippen MR) is 120 cm³/mol. The number of rotatable bonds is 5. The summed E-state index contributed by atoms with van der Waals surface area (Å²) in [4.78, 5) is 36.8. The first-order valence-corrected chi connectivity index (χ1v) is 11.3. The van der Waals surface area contributed by atoms with E-state index >= 15 is 0 Å². The molecule has 2 aliphatic carbocycles. The second-order valence-electron chi connectivity index (χ2n) is 9.71. The molecular formula is C26H34O6. The lowest BCUT2D eigenvalue weighted by molar-refractivity contribution is -0.200. The van der Waals surface area contributed by atoms with Crippen molar-refractivity contribution in [2.24, 2.45) is 23.2 Å². The molecule has 0 N–H and O–H groups in total. The minimum absolute atomic E-state index is 0.140. The fraction of sp³-hybridized carbons (Fsp3) is 0.577. The molecule has 3 rings (SSSR count). The van der Waals surface area contributed by atoms with E-state index in [2.05, 4.69) is 20.4 Å². The zero-order valence-corrected chi connectivity index (χ0v) is 19.6. The third-order valence-electron chi connectivity index (χ3n) is 7.09. The summed E-state index contributed by atoms with van der Waals surface area (Å²) in [6.07, 6.45) is 0.258. The van der Waals surface area contributed by atoms with Gasteiger partial charge in [0.15, 0.2) is 0 Å². The van der Waals surface area contributed by atoms with E-state index in [0.717, 1.165) is 18.4 Å². The number of hydrogen-bond donors (Lipinski definition) is 0. The molecule has 6 heteroatoms. The summed E-state index contributed by atoms with van der Waals surface area (Å²) in [7, 11) is 0. The molecule has 0 amide bonds. The summed E-state index contributed by atoms with van der Waals surface area (Å²) in [5.41, 5.74) is 0.783. The molecule has 2 saturated carbocycles. The highest BCUT2D eigenvalue weighted by atomic mass is 16.6. The lowest BCUT2D eigenvalue weighted by Gasteiger charge is -2.57. The maximum atomic E-state index is 13.0. The van der Waals surface area contributed by atoms with Gasteiger partial charge in [-0.05, 0) is 36.8 Å². The quantitative estimate of drug-likeness (QED) is 0.373. The van der Waals surface area contributed by atoms with Gasteiger partial charge in [-0.15, -0.1) is 0 Å². The van der Waals surface area contributed by atoms with Gasteiger partial charge in [-0.1, -0.05) is 51.1 Å². The highest BCUT2D eigenvalue weighted by Gasteiger charge is 2.60. The van der Waals surface area contributed by atoms with Crippen molar-refractivity contribution in [2.45, 2.75) is 72.2 Å². The summed E-state index contributed by atoms with van der Waals surface area (Å²) < 4.78 is 17.5. The molecule has 2 aliphatic rings. The average Bonchev–Trinajstić information content (AvgIpc) is 2.70. The van der Waals surface area contributed by atoms with Crippen LogP contribution >= 0.6 is 0 Å². The average molecular weight is 443 g/mol. The molecule has 6 unspecified atom stereocenters. The summed E-state index contributed by atoms with van der Waals surface area (Å²) in [5.74, 6) is -1.01. The Balaban J connectivity index is 2.00. The Morgan fingerprint density at radius 3 is 2.22 bits per heavy atom. The summed E-state index contributed by atoms with van der Waals surface area (Å²) in [6, 6.07) is 8.95. The highest BCUT2D eigenvalue weighted by Crippen LogP contribution is 2.57. The standard InChI is InChI=1S/C26H34O6/c1-15(2)20-12-13-26(6)22(23(20)32-25(29)19-10-8-7-9-11-19)16(3)14-21(30-17(4)27)24(26)31-18(5)28/h7-11,15,20-24H,3,12-14H2,1-2,4-6H3. The maximum absolute atomic E-state index is 13.0. The second kappa shape index (κ2) is 9.47. The third-order valence-corrected chi connectivity index (χ3v) is 7.09. The number of ether oxygens (including phenoxy) is 3. The smallest absolute Gasteiger partial charge is 0.338 e. The third kappa shape index (κ3) is 4.74. The van der Waals surface area contributed by atoms with Gasteiger partial charge in [0.1, 0.15) is 18.3 Å². The predicted octanol–water partition coefficient (Wildman–Crippen LogP) is 4.72. The molecule has 2 fully saturated rings. The van der Waals surface area contributed by atoms with Gasteiger partial charge in [0.25, 0.3) is 0 Å². The molecule has 0 radical (unpaired) electrons. The number of carbonyl (C=O) groups is 3. The van der Waals surface area contributed by atoms with Crippen molar-refractivity contribution in [3.8, 4) is 0 Å². The van der Waals surface area contributed by atoms with Crippen molar-refractivity contribution in [1.82, 2.24) is 0 Å². The van der Waals surface area contributed by atoms with Crippen LogP contribution in [0, 0.1) is 23.2 Å². The minimum atomic E-state index is -0.634. The van der Waals surface area contributed by atoms with Crippen LogP contribution in [0.4, 0.5) is 0 Å². The number of hydrogen-bond acceptors (Lipinski definition) is 6. The molecule has 6 atom stereocenters. The molecular weight excluding hydrogens is 408 g/mol. The van der Waals surface area contributed by atoms with E-state index in [9.17, 15) is 14.4 Å². The monoisotopic (exact) mass is 442 g/mol. The van der Waals surface area contributed by atoms with Crippen molar-refractivity contribution < 1.29 is 28.6 Å². The first kappa shape index (κ1) is 24.0. The molecule has 1 aromatic carbocycles. The van der Waals surface area contributed by atoms with Gasteiger partial charge in [-0.25, -0.2) is 4.79 Å². The van der Waals surface area contributed by atoms with Gasteiger partial charge in [0, 0.05) is 31.6 Å². The molecule has 0 bridgehead atoms. The fourth-order valence-corrected chi connectivity index (χ4v) is 5.69. The molecule has 0 saturated heterocycles. The van der Waals surface area contributed by atoms with Crippen molar-refractivity contribution in [2.75, 3.05) is 0 Å². The topological polar surface area (TPSA) is 78.9 Å². The minimum Gasteiger partial charge on any atom is -0.458 e. The van der Waals surface area contributed by atoms with Crippen LogP contribution in [0.5, 0.6) is 0 Å². The molecule has 0 aromatic heterocycles. The molecule has 6 nitrogen and oxygen atoms in total. The van der Waals surface area contributed by atoms with Crippen molar-refractivity contribution in [1.29, 1.82) is 0 Å². The van der Waals surface area contributed by atoms with Crippen LogP contribution in [-0.2, 0) is 23.8 Å². The summed E-state index contributed by atoms with van der Waals surface area (Å²) >= 11 is 0. The first-order valence-electron chi connectivity index (χ1n) is 11.3. The molecule has 32 heavy (non-hydrogen) atoms. The van der Waals surface area contributed by atoms with E-state index in [4.69, 9.17) is 14.2 Å². The van der Waals surface area contributed by atoms with Gasteiger partial charge < -0.3 is 14.2 Å². The van der Waals surface area contributed by atoms with Crippen LogP contribution in [0.3, 0.4) is 0 Å².